The standard InChI is InChI=1S/C6H5F3IN3O/c7-6(8,9)14-2-1-3(11)13-5(12)4(2)10/h1H,(H4,11,12,13). The Kier molecular flexibility index (Phi) is 2.92. The second-order valence-corrected chi connectivity index (χ2v) is 3.37. The highest BCUT2D eigenvalue weighted by atomic mass is 127. The van der Waals surface area contributed by atoms with Gasteiger partial charge in [-0.15, -0.1) is 13.2 Å². The van der Waals surface area contributed by atoms with Gasteiger partial charge in [0.25, 0.3) is 0 Å². The van der Waals surface area contributed by atoms with Crippen molar-refractivity contribution in [1.29, 1.82) is 0 Å². The van der Waals surface area contributed by atoms with Gasteiger partial charge >= 0.3 is 6.36 Å². The molecular formula is C6H5F3IN3O. The van der Waals surface area contributed by atoms with Crippen molar-refractivity contribution in [3.8, 4) is 5.75 Å². The van der Waals surface area contributed by atoms with Crippen LogP contribution in [-0.4, -0.2) is 11.3 Å². The topological polar surface area (TPSA) is 74.2 Å². The van der Waals surface area contributed by atoms with Crippen LogP contribution in [-0.2, 0) is 0 Å². The highest BCUT2D eigenvalue weighted by molar-refractivity contribution is 14.1. The molecule has 14 heavy (non-hydrogen) atoms. The third-order valence-electron chi connectivity index (χ3n) is 1.20. The molecular weight excluding hydrogens is 314 g/mol. The predicted octanol–water partition coefficient (Wildman–Crippen LogP) is 1.75. The molecule has 78 valence electrons. The van der Waals surface area contributed by atoms with Gasteiger partial charge in [-0.1, -0.05) is 0 Å². The SMILES string of the molecule is Nc1cc(OC(F)(F)F)c(I)c(N)n1. The molecule has 0 aliphatic heterocycles. The molecule has 0 bridgehead atoms. The lowest BCUT2D eigenvalue weighted by Crippen LogP contribution is -2.18. The molecule has 1 rings (SSSR count). The summed E-state index contributed by atoms with van der Waals surface area (Å²) >= 11 is 1.59. The Hall–Kier alpha value is -0.930. The number of hydrogen-bond acceptors (Lipinski definition) is 4. The molecule has 0 fully saturated rings. The first-order valence-electron chi connectivity index (χ1n) is 3.27. The smallest absolute Gasteiger partial charge is 0.404 e. The van der Waals surface area contributed by atoms with E-state index in [2.05, 4.69) is 9.72 Å². The van der Waals surface area contributed by atoms with E-state index in [9.17, 15) is 13.2 Å². The average Bonchev–Trinajstić information content (AvgIpc) is 1.96. The third-order valence-corrected chi connectivity index (χ3v) is 2.28. The highest BCUT2D eigenvalue weighted by Crippen LogP contribution is 2.31. The third kappa shape index (κ3) is 2.79. The first-order chi connectivity index (χ1) is 6.29. The number of rotatable bonds is 1. The number of nitrogens with two attached hydrogens (primary N) is 2. The fourth-order valence-electron chi connectivity index (χ4n) is 0.743. The van der Waals surface area contributed by atoms with Gasteiger partial charge in [-0.05, 0) is 22.6 Å². The maximum Gasteiger partial charge on any atom is 0.573 e. The quantitative estimate of drug-likeness (QED) is 0.774. The molecule has 0 saturated heterocycles. The number of alkyl halides is 3. The van der Waals surface area contributed by atoms with Crippen molar-refractivity contribution in [1.82, 2.24) is 4.98 Å². The van der Waals surface area contributed by atoms with Gasteiger partial charge in [0, 0.05) is 6.07 Å². The fraction of sp³-hybridized carbons (Fsp3) is 0.167. The fourth-order valence-corrected chi connectivity index (χ4v) is 1.13. The first kappa shape index (κ1) is 11.1. The summed E-state index contributed by atoms with van der Waals surface area (Å²) in [5.74, 6) is -0.657. The minimum atomic E-state index is -4.76. The van der Waals surface area contributed by atoms with Crippen LogP contribution in [0.15, 0.2) is 6.07 Å². The number of nitrogen functional groups attached to an aromatic ring is 2. The van der Waals surface area contributed by atoms with Crippen molar-refractivity contribution in [2.24, 2.45) is 0 Å². The number of hydrogen-bond donors (Lipinski definition) is 2. The lowest BCUT2D eigenvalue weighted by atomic mass is 10.4. The number of halogens is 4. The predicted molar refractivity (Wildman–Crippen MR) is 52.5 cm³/mol. The Morgan fingerprint density at radius 1 is 1.36 bits per heavy atom. The molecule has 4 nitrogen and oxygen atoms in total. The Morgan fingerprint density at radius 3 is 2.43 bits per heavy atom. The van der Waals surface area contributed by atoms with E-state index in [1.807, 2.05) is 0 Å². The van der Waals surface area contributed by atoms with E-state index in [1.165, 1.54) is 0 Å². The van der Waals surface area contributed by atoms with Gasteiger partial charge in [-0.25, -0.2) is 4.98 Å². The van der Waals surface area contributed by atoms with Gasteiger partial charge in [-0.2, -0.15) is 0 Å². The van der Waals surface area contributed by atoms with Crippen molar-refractivity contribution >= 4 is 34.2 Å². The van der Waals surface area contributed by atoms with E-state index < -0.39 is 12.1 Å². The zero-order chi connectivity index (χ0) is 10.9. The van der Waals surface area contributed by atoms with E-state index in [-0.39, 0.29) is 15.2 Å². The van der Waals surface area contributed by atoms with Crippen LogP contribution in [0.2, 0.25) is 0 Å². The molecule has 0 spiro atoms. The summed E-state index contributed by atoms with van der Waals surface area (Å²) in [6.45, 7) is 0. The number of anilines is 2. The lowest BCUT2D eigenvalue weighted by Gasteiger charge is -2.11. The van der Waals surface area contributed by atoms with Crippen molar-refractivity contribution in [3.05, 3.63) is 9.64 Å². The van der Waals surface area contributed by atoms with E-state index in [0.29, 0.717) is 0 Å². The van der Waals surface area contributed by atoms with Crippen LogP contribution in [0.3, 0.4) is 0 Å². The van der Waals surface area contributed by atoms with Crippen LogP contribution in [0.1, 0.15) is 0 Å². The van der Waals surface area contributed by atoms with E-state index >= 15 is 0 Å². The molecule has 8 heteroatoms. The average molecular weight is 319 g/mol. The van der Waals surface area contributed by atoms with Gasteiger partial charge in [0.1, 0.15) is 17.4 Å². The summed E-state index contributed by atoms with van der Waals surface area (Å²) in [5.41, 5.74) is 10.5. The molecule has 0 aromatic carbocycles. The number of pyridine rings is 1. The van der Waals surface area contributed by atoms with E-state index in [1.54, 1.807) is 22.6 Å². The largest absolute Gasteiger partial charge is 0.573 e. The molecule has 0 aliphatic carbocycles. The van der Waals surface area contributed by atoms with Crippen LogP contribution < -0.4 is 16.2 Å². The maximum absolute atomic E-state index is 11.9. The summed E-state index contributed by atoms with van der Waals surface area (Å²) in [5, 5.41) is 0. The van der Waals surface area contributed by atoms with Gasteiger partial charge in [0.05, 0.1) is 3.57 Å². The number of aromatic nitrogens is 1. The molecule has 0 saturated carbocycles. The van der Waals surface area contributed by atoms with E-state index in [4.69, 9.17) is 11.5 Å². The van der Waals surface area contributed by atoms with E-state index in [0.717, 1.165) is 6.07 Å². The molecule has 0 radical (unpaired) electrons. The summed E-state index contributed by atoms with van der Waals surface area (Å²) in [6.07, 6.45) is -4.76. The summed E-state index contributed by atoms with van der Waals surface area (Å²) in [7, 11) is 0. The second kappa shape index (κ2) is 3.67. The summed E-state index contributed by atoms with van der Waals surface area (Å²) in [6, 6.07) is 0.964. The Balaban J connectivity index is 3.09. The molecule has 1 heterocycles. The minimum Gasteiger partial charge on any atom is -0.404 e. The highest BCUT2D eigenvalue weighted by Gasteiger charge is 2.32. The Labute approximate surface area is 90.6 Å². The van der Waals surface area contributed by atoms with Crippen LogP contribution >= 0.6 is 22.6 Å². The summed E-state index contributed by atoms with van der Waals surface area (Å²) in [4.78, 5) is 3.56. The zero-order valence-electron chi connectivity index (χ0n) is 6.60. The molecule has 1 aromatic heterocycles. The molecule has 0 atom stereocenters. The van der Waals surface area contributed by atoms with Crippen LogP contribution in [0, 0.1) is 3.57 Å². The van der Waals surface area contributed by atoms with Crippen LogP contribution in [0.25, 0.3) is 0 Å². The molecule has 0 amide bonds. The molecule has 0 unspecified atom stereocenters. The van der Waals surface area contributed by atoms with Crippen molar-refractivity contribution in [3.63, 3.8) is 0 Å². The van der Waals surface area contributed by atoms with Crippen molar-refractivity contribution in [2.75, 3.05) is 11.5 Å². The second-order valence-electron chi connectivity index (χ2n) is 2.29. The molecule has 1 aromatic rings. The molecule has 4 N–H and O–H groups in total. The Morgan fingerprint density at radius 2 is 1.93 bits per heavy atom. The molecule has 0 aliphatic rings. The first-order valence-corrected chi connectivity index (χ1v) is 4.34. The van der Waals surface area contributed by atoms with Gasteiger partial charge in [0.15, 0.2) is 0 Å². The normalized spacial score (nSPS) is 11.4. The maximum atomic E-state index is 11.9. The minimum absolute atomic E-state index is 0.0779. The lowest BCUT2D eigenvalue weighted by molar-refractivity contribution is -0.274. The van der Waals surface area contributed by atoms with Crippen LogP contribution in [0.4, 0.5) is 24.8 Å². The summed E-state index contributed by atoms with van der Waals surface area (Å²) < 4.78 is 39.3. The number of ether oxygens (including phenoxy) is 1. The van der Waals surface area contributed by atoms with Crippen molar-refractivity contribution < 1.29 is 17.9 Å². The monoisotopic (exact) mass is 319 g/mol. The van der Waals surface area contributed by atoms with Crippen molar-refractivity contribution in [2.45, 2.75) is 6.36 Å². The van der Waals surface area contributed by atoms with Gasteiger partial charge in [0.2, 0.25) is 0 Å². The Bertz CT molecular complexity index is 355. The van der Waals surface area contributed by atoms with Crippen LogP contribution in [0.5, 0.6) is 5.75 Å². The zero-order valence-corrected chi connectivity index (χ0v) is 8.76. The van der Waals surface area contributed by atoms with Gasteiger partial charge < -0.3 is 16.2 Å². The number of nitrogens with zero attached hydrogens (tertiary/aromatic N) is 1. The van der Waals surface area contributed by atoms with Gasteiger partial charge in [-0.3, -0.25) is 0 Å².